The zero-order valence-corrected chi connectivity index (χ0v) is 15.5. The van der Waals surface area contributed by atoms with E-state index in [0.29, 0.717) is 18.9 Å². The lowest BCUT2D eigenvalue weighted by Gasteiger charge is -2.17. The molecule has 0 aliphatic heterocycles. The van der Waals surface area contributed by atoms with Crippen LogP contribution in [0.4, 0.5) is 5.69 Å². The highest BCUT2D eigenvalue weighted by molar-refractivity contribution is 5.76. The van der Waals surface area contributed by atoms with E-state index in [-0.39, 0.29) is 5.91 Å². The third-order valence-electron chi connectivity index (χ3n) is 4.73. The maximum atomic E-state index is 12.0. The molecule has 0 fully saturated rings. The van der Waals surface area contributed by atoms with E-state index in [0.717, 1.165) is 13.0 Å². The first-order chi connectivity index (χ1) is 11.6. The molecular weight excluding hydrogens is 296 g/mol. The molecule has 0 atom stereocenters. The number of hydrogen-bond acceptors (Lipinski definition) is 2. The molecule has 1 aromatic carbocycles. The summed E-state index contributed by atoms with van der Waals surface area (Å²) in [5, 5.41) is 6.51. The number of carbonyl (C=O) groups excluding carboxylic acids is 1. The minimum absolute atomic E-state index is 0.138. The Morgan fingerprint density at radius 2 is 2.04 bits per heavy atom. The lowest BCUT2D eigenvalue weighted by molar-refractivity contribution is -0.120. The van der Waals surface area contributed by atoms with Crippen LogP contribution in [0.25, 0.3) is 0 Å². The molecular formula is C21H32N2O. The maximum Gasteiger partial charge on any atom is 0.221 e. The predicted molar refractivity (Wildman–Crippen MR) is 103 cm³/mol. The van der Waals surface area contributed by atoms with E-state index < -0.39 is 0 Å². The molecule has 2 N–H and O–H groups in total. The normalized spacial score (nSPS) is 14.4. The van der Waals surface area contributed by atoms with Crippen LogP contribution < -0.4 is 10.6 Å². The number of benzene rings is 1. The Kier molecular flexibility index (Phi) is 7.36. The minimum atomic E-state index is 0.138. The van der Waals surface area contributed by atoms with Gasteiger partial charge in [-0.1, -0.05) is 43.7 Å². The summed E-state index contributed by atoms with van der Waals surface area (Å²) in [5.41, 5.74) is 5.26. The topological polar surface area (TPSA) is 41.1 Å². The van der Waals surface area contributed by atoms with Crippen LogP contribution in [0.15, 0.2) is 29.8 Å². The Hall–Kier alpha value is -1.77. The molecule has 3 heteroatoms. The highest BCUT2D eigenvalue weighted by Gasteiger charge is 2.09. The van der Waals surface area contributed by atoms with Gasteiger partial charge in [-0.2, -0.15) is 0 Å². The van der Waals surface area contributed by atoms with Crippen molar-refractivity contribution in [1.82, 2.24) is 5.32 Å². The summed E-state index contributed by atoms with van der Waals surface area (Å²) < 4.78 is 0. The lowest BCUT2D eigenvalue weighted by Crippen LogP contribution is -2.26. The van der Waals surface area contributed by atoms with Crippen LogP contribution in [0.5, 0.6) is 0 Å². The van der Waals surface area contributed by atoms with Gasteiger partial charge in [0.05, 0.1) is 0 Å². The van der Waals surface area contributed by atoms with E-state index in [1.165, 1.54) is 48.1 Å². The molecule has 1 aromatic rings. The fraction of sp³-hybridized carbons (Fsp3) is 0.571. The zero-order valence-electron chi connectivity index (χ0n) is 15.5. The van der Waals surface area contributed by atoms with Gasteiger partial charge in [-0.15, -0.1) is 0 Å². The number of nitrogens with one attached hydrogen (secondary N) is 2. The number of aryl methyl sites for hydroxylation is 1. The second kappa shape index (κ2) is 9.51. The number of allylic oxidation sites excluding steroid dienone is 1. The second-order valence-electron chi connectivity index (χ2n) is 7.08. The smallest absolute Gasteiger partial charge is 0.221 e. The largest absolute Gasteiger partial charge is 0.384 e. The number of para-hydroxylation sites is 1. The van der Waals surface area contributed by atoms with E-state index >= 15 is 0 Å². The zero-order chi connectivity index (χ0) is 17.4. The minimum Gasteiger partial charge on any atom is -0.384 e. The van der Waals surface area contributed by atoms with Crippen molar-refractivity contribution in [2.75, 3.05) is 18.4 Å². The molecule has 0 spiro atoms. The van der Waals surface area contributed by atoms with Gasteiger partial charge in [-0.05, 0) is 56.1 Å². The maximum absolute atomic E-state index is 12.0. The Balaban J connectivity index is 1.72. The fourth-order valence-corrected chi connectivity index (χ4v) is 3.30. The van der Waals surface area contributed by atoms with Crippen LogP contribution in [0, 0.1) is 6.92 Å². The Labute approximate surface area is 146 Å². The molecule has 1 aliphatic rings. The summed E-state index contributed by atoms with van der Waals surface area (Å²) in [5.74, 6) is 0.614. The van der Waals surface area contributed by atoms with E-state index in [2.05, 4.69) is 55.7 Å². The van der Waals surface area contributed by atoms with Gasteiger partial charge in [-0.25, -0.2) is 0 Å². The van der Waals surface area contributed by atoms with Gasteiger partial charge in [0.1, 0.15) is 0 Å². The third-order valence-corrected chi connectivity index (χ3v) is 4.73. The summed E-state index contributed by atoms with van der Waals surface area (Å²) in [6, 6.07) is 6.38. The van der Waals surface area contributed by atoms with Crippen LogP contribution in [0.3, 0.4) is 0 Å². The molecule has 0 bridgehead atoms. The van der Waals surface area contributed by atoms with Gasteiger partial charge in [0.25, 0.3) is 0 Å². The molecule has 0 saturated carbocycles. The molecule has 0 heterocycles. The van der Waals surface area contributed by atoms with Crippen molar-refractivity contribution < 1.29 is 4.79 Å². The summed E-state index contributed by atoms with van der Waals surface area (Å²) >= 11 is 0. The Morgan fingerprint density at radius 1 is 1.21 bits per heavy atom. The van der Waals surface area contributed by atoms with Crippen molar-refractivity contribution in [2.45, 2.75) is 65.2 Å². The second-order valence-corrected chi connectivity index (χ2v) is 7.08. The van der Waals surface area contributed by atoms with Crippen molar-refractivity contribution in [1.29, 1.82) is 0 Å². The first-order valence-corrected chi connectivity index (χ1v) is 9.36. The van der Waals surface area contributed by atoms with E-state index in [1.54, 1.807) is 0 Å². The lowest BCUT2D eigenvalue weighted by atomic mass is 9.97. The quantitative estimate of drug-likeness (QED) is 0.665. The van der Waals surface area contributed by atoms with Gasteiger partial charge in [0.15, 0.2) is 0 Å². The van der Waals surface area contributed by atoms with Crippen molar-refractivity contribution in [2.24, 2.45) is 0 Å². The molecule has 3 nitrogen and oxygen atoms in total. The van der Waals surface area contributed by atoms with Gasteiger partial charge in [-0.3, -0.25) is 4.79 Å². The van der Waals surface area contributed by atoms with Crippen molar-refractivity contribution in [3.63, 3.8) is 0 Å². The van der Waals surface area contributed by atoms with Crippen LogP contribution in [0.1, 0.15) is 69.4 Å². The standard InChI is InChI=1S/C21H32N2O/c1-16(2)19-11-7-8-17(3)21(19)23-15-13-20(24)22-14-12-18-9-5-4-6-10-18/h7-9,11,16,23H,4-6,10,12-15H2,1-3H3,(H,22,24). The first kappa shape index (κ1) is 18.6. The number of hydrogen-bond donors (Lipinski definition) is 2. The summed E-state index contributed by atoms with van der Waals surface area (Å²) in [6.45, 7) is 7.97. The highest BCUT2D eigenvalue weighted by Crippen LogP contribution is 2.27. The summed E-state index contributed by atoms with van der Waals surface area (Å²) in [4.78, 5) is 12.0. The molecule has 24 heavy (non-hydrogen) atoms. The molecule has 2 rings (SSSR count). The highest BCUT2D eigenvalue weighted by atomic mass is 16.1. The average Bonchev–Trinajstić information content (AvgIpc) is 2.57. The van der Waals surface area contributed by atoms with Crippen LogP contribution in [-0.2, 0) is 4.79 Å². The molecule has 1 aliphatic carbocycles. The summed E-state index contributed by atoms with van der Waals surface area (Å²) in [6.07, 6.45) is 8.92. The SMILES string of the molecule is Cc1cccc(C(C)C)c1NCCC(=O)NCCC1=CCCCC1. The third kappa shape index (κ3) is 5.70. The van der Waals surface area contributed by atoms with E-state index in [9.17, 15) is 4.79 Å². The average molecular weight is 329 g/mol. The van der Waals surface area contributed by atoms with Crippen molar-refractivity contribution in [3.8, 4) is 0 Å². The summed E-state index contributed by atoms with van der Waals surface area (Å²) in [7, 11) is 0. The Morgan fingerprint density at radius 3 is 2.75 bits per heavy atom. The van der Waals surface area contributed by atoms with Crippen LogP contribution >= 0.6 is 0 Å². The van der Waals surface area contributed by atoms with Crippen LogP contribution in [-0.4, -0.2) is 19.0 Å². The molecule has 132 valence electrons. The van der Waals surface area contributed by atoms with E-state index in [1.807, 2.05) is 0 Å². The Bertz CT molecular complexity index is 575. The number of rotatable bonds is 8. The van der Waals surface area contributed by atoms with Crippen molar-refractivity contribution in [3.05, 3.63) is 41.0 Å². The van der Waals surface area contributed by atoms with Gasteiger partial charge >= 0.3 is 0 Å². The fourth-order valence-electron chi connectivity index (χ4n) is 3.30. The monoisotopic (exact) mass is 328 g/mol. The van der Waals surface area contributed by atoms with E-state index in [4.69, 9.17) is 0 Å². The van der Waals surface area contributed by atoms with Gasteiger partial charge < -0.3 is 10.6 Å². The number of anilines is 1. The molecule has 0 saturated heterocycles. The molecule has 0 aromatic heterocycles. The number of amides is 1. The van der Waals surface area contributed by atoms with Crippen LogP contribution in [0.2, 0.25) is 0 Å². The molecule has 0 unspecified atom stereocenters. The van der Waals surface area contributed by atoms with Crippen molar-refractivity contribution >= 4 is 11.6 Å². The molecule has 1 amide bonds. The predicted octanol–water partition coefficient (Wildman–Crippen LogP) is 4.93. The van der Waals surface area contributed by atoms with Gasteiger partial charge in [0, 0.05) is 25.2 Å². The first-order valence-electron chi connectivity index (χ1n) is 9.36. The molecule has 0 radical (unpaired) electrons. The number of carbonyl (C=O) groups is 1. The van der Waals surface area contributed by atoms with Gasteiger partial charge in [0.2, 0.25) is 5.91 Å².